The molecule has 18 heavy (non-hydrogen) atoms. The van der Waals surface area contributed by atoms with Crippen molar-refractivity contribution in [2.45, 2.75) is 4.90 Å². The molecule has 0 amide bonds. The van der Waals surface area contributed by atoms with Crippen LogP contribution in [0.25, 0.3) is 20.8 Å². The lowest BCUT2D eigenvalue weighted by atomic mass is 10.3. The third kappa shape index (κ3) is 2.09. The van der Waals surface area contributed by atoms with Crippen LogP contribution in [0.5, 0.6) is 0 Å². The maximum atomic E-state index is 12.7. The van der Waals surface area contributed by atoms with Gasteiger partial charge in [-0.25, -0.2) is 9.97 Å². The van der Waals surface area contributed by atoms with Gasteiger partial charge in [-0.2, -0.15) is 8.28 Å². The van der Waals surface area contributed by atoms with Crippen molar-refractivity contribution >= 4 is 33.7 Å². The van der Waals surface area contributed by atoms with Crippen LogP contribution in [0.1, 0.15) is 0 Å². The van der Waals surface area contributed by atoms with Crippen molar-refractivity contribution in [2.75, 3.05) is 0 Å². The third-order valence-electron chi connectivity index (χ3n) is 2.42. The van der Waals surface area contributed by atoms with Crippen LogP contribution in [-0.4, -0.2) is 9.97 Å². The van der Waals surface area contributed by atoms with Gasteiger partial charge >= 0.3 is 0 Å². The normalized spacial score (nSPS) is 11.0. The summed E-state index contributed by atoms with van der Waals surface area (Å²) in [6, 6.07) is 8.13. The van der Waals surface area contributed by atoms with Crippen LogP contribution in [0.2, 0.25) is 0 Å². The quantitative estimate of drug-likeness (QED) is 0.647. The van der Waals surface area contributed by atoms with Crippen LogP contribution in [0.3, 0.4) is 0 Å². The van der Waals surface area contributed by atoms with Crippen molar-refractivity contribution in [3.63, 3.8) is 0 Å². The summed E-state index contributed by atoms with van der Waals surface area (Å²) in [5.74, 6) is -0.518. The molecule has 0 saturated carbocycles. The number of pyridine rings is 1. The van der Waals surface area contributed by atoms with Gasteiger partial charge in [-0.1, -0.05) is 0 Å². The number of rotatable bonds is 2. The first-order valence-corrected chi connectivity index (χ1v) is 6.61. The number of fused-ring (bicyclic) bond motifs is 1. The number of halogens is 2. The van der Waals surface area contributed by atoms with E-state index in [4.69, 9.17) is 0 Å². The number of benzene rings is 1. The Morgan fingerprint density at radius 3 is 2.78 bits per heavy atom. The molecule has 6 heteroatoms. The van der Waals surface area contributed by atoms with Crippen molar-refractivity contribution in [3.05, 3.63) is 42.5 Å². The molecule has 3 aromatic rings. The lowest BCUT2D eigenvalue weighted by Gasteiger charge is -1.93. The predicted molar refractivity (Wildman–Crippen MR) is 69.8 cm³/mol. The third-order valence-corrected chi connectivity index (χ3v) is 3.92. The monoisotopic (exact) mass is 280 g/mol. The fourth-order valence-corrected chi connectivity index (χ4v) is 2.93. The van der Waals surface area contributed by atoms with Crippen LogP contribution in [0.15, 0.2) is 41.4 Å². The fraction of sp³-hybridized carbons (Fsp3) is 0. The molecule has 0 atom stereocenters. The largest absolute Gasteiger partial charge is 0.236 e. The molecule has 0 saturated heterocycles. The molecule has 0 spiro atoms. The molecule has 0 fully saturated rings. The second-order valence-corrected chi connectivity index (χ2v) is 5.25. The molecule has 2 nitrogen and oxygen atoms in total. The molecule has 0 N–H and O–H groups in total. The minimum Gasteiger partial charge on any atom is -0.236 e. The highest BCUT2D eigenvalue weighted by molar-refractivity contribution is 7.94. The Morgan fingerprint density at radius 2 is 2.06 bits per heavy atom. The zero-order valence-electron chi connectivity index (χ0n) is 8.93. The molecule has 0 aliphatic heterocycles. The lowest BCUT2D eigenvalue weighted by molar-refractivity contribution is 0.584. The number of hydrogen-bond acceptors (Lipinski definition) is 4. The smallest absolute Gasteiger partial charge is 0.212 e. The van der Waals surface area contributed by atoms with Crippen molar-refractivity contribution in [3.8, 4) is 10.6 Å². The summed E-state index contributed by atoms with van der Waals surface area (Å²) in [5.41, 5.74) is 1.56. The van der Waals surface area contributed by atoms with Gasteiger partial charge < -0.3 is 0 Å². The van der Waals surface area contributed by atoms with Crippen LogP contribution in [-0.2, 0) is 0 Å². The van der Waals surface area contributed by atoms with E-state index in [1.165, 1.54) is 23.6 Å². The predicted octanol–water partition coefficient (Wildman–Crippen LogP) is 4.47. The maximum absolute atomic E-state index is 12.7. The number of hydrogen-bond donors (Lipinski definition) is 0. The van der Waals surface area contributed by atoms with E-state index in [0.29, 0.717) is 4.90 Å². The first-order chi connectivity index (χ1) is 8.76. The molecular formula is C12H6F2N2S2. The Kier molecular flexibility index (Phi) is 2.97. The first kappa shape index (κ1) is 11.6. The van der Waals surface area contributed by atoms with Gasteiger partial charge in [0.25, 0.3) is 0 Å². The summed E-state index contributed by atoms with van der Waals surface area (Å²) in [6.45, 7) is 0. The second-order valence-electron chi connectivity index (χ2n) is 3.60. The summed E-state index contributed by atoms with van der Waals surface area (Å²) in [7, 11) is 0. The topological polar surface area (TPSA) is 25.8 Å². The SMILES string of the molecule is FSc1ccc2nc(-c3ccc(F)nc3)sc2c1. The van der Waals surface area contributed by atoms with Gasteiger partial charge in [0.2, 0.25) is 5.95 Å². The van der Waals surface area contributed by atoms with E-state index in [2.05, 4.69) is 9.97 Å². The second kappa shape index (κ2) is 4.62. The van der Waals surface area contributed by atoms with Gasteiger partial charge in [0.15, 0.2) is 0 Å². The van der Waals surface area contributed by atoms with E-state index in [1.54, 1.807) is 24.3 Å². The number of nitrogens with zero attached hydrogens (tertiary/aromatic N) is 2. The van der Waals surface area contributed by atoms with E-state index in [-0.39, 0.29) is 12.1 Å². The molecule has 2 aromatic heterocycles. The molecule has 90 valence electrons. The van der Waals surface area contributed by atoms with E-state index in [1.807, 2.05) is 0 Å². The minimum absolute atomic E-state index is 0.208. The fourth-order valence-electron chi connectivity index (χ4n) is 1.58. The van der Waals surface area contributed by atoms with Gasteiger partial charge in [-0.05, 0) is 30.3 Å². The average molecular weight is 280 g/mol. The van der Waals surface area contributed by atoms with E-state index in [0.717, 1.165) is 20.8 Å². The molecule has 1 aromatic carbocycles. The molecule has 0 radical (unpaired) electrons. The van der Waals surface area contributed by atoms with E-state index < -0.39 is 5.95 Å². The van der Waals surface area contributed by atoms with Gasteiger partial charge in [0.1, 0.15) is 5.01 Å². The average Bonchev–Trinajstić information content (AvgIpc) is 2.82. The number of thiazole rings is 1. The van der Waals surface area contributed by atoms with Crippen LogP contribution in [0.4, 0.5) is 8.28 Å². The molecule has 0 bridgehead atoms. The van der Waals surface area contributed by atoms with Gasteiger partial charge in [0.05, 0.1) is 22.4 Å². The van der Waals surface area contributed by atoms with Crippen LogP contribution in [0, 0.1) is 5.95 Å². The highest BCUT2D eigenvalue weighted by Crippen LogP contribution is 2.32. The lowest BCUT2D eigenvalue weighted by Crippen LogP contribution is -1.82. The van der Waals surface area contributed by atoms with E-state index in [9.17, 15) is 8.28 Å². The standard InChI is InChI=1S/C12H6F2N2S2/c13-11-4-1-7(6-15-11)12-16-9-3-2-8(18-14)5-10(9)17-12/h1-6H. The van der Waals surface area contributed by atoms with Crippen LogP contribution >= 0.6 is 23.5 Å². The minimum atomic E-state index is -0.518. The molecular weight excluding hydrogens is 274 g/mol. The first-order valence-electron chi connectivity index (χ1n) is 5.07. The summed E-state index contributed by atoms with van der Waals surface area (Å²) >= 11 is 1.64. The van der Waals surface area contributed by atoms with Crippen LogP contribution < -0.4 is 0 Å². The highest BCUT2D eigenvalue weighted by Gasteiger charge is 2.07. The molecule has 3 rings (SSSR count). The molecule has 0 aliphatic carbocycles. The summed E-state index contributed by atoms with van der Waals surface area (Å²) < 4.78 is 26.1. The van der Waals surface area contributed by atoms with Gasteiger partial charge in [-0.15, -0.1) is 11.3 Å². The van der Waals surface area contributed by atoms with Crippen molar-refractivity contribution in [2.24, 2.45) is 0 Å². The number of aromatic nitrogens is 2. The summed E-state index contributed by atoms with van der Waals surface area (Å²) in [5, 5.41) is 0.749. The zero-order chi connectivity index (χ0) is 12.5. The van der Waals surface area contributed by atoms with Gasteiger partial charge in [-0.3, -0.25) is 0 Å². The van der Waals surface area contributed by atoms with E-state index >= 15 is 0 Å². The van der Waals surface area contributed by atoms with Crippen molar-refractivity contribution < 1.29 is 8.28 Å². The molecule has 2 heterocycles. The highest BCUT2D eigenvalue weighted by atomic mass is 32.2. The summed E-state index contributed by atoms with van der Waals surface area (Å²) in [4.78, 5) is 8.56. The Balaban J connectivity index is 2.10. The molecule has 0 aliphatic rings. The maximum Gasteiger partial charge on any atom is 0.212 e. The Labute approximate surface area is 110 Å². The van der Waals surface area contributed by atoms with Crippen molar-refractivity contribution in [1.29, 1.82) is 0 Å². The Bertz CT molecular complexity index is 695. The van der Waals surface area contributed by atoms with Crippen molar-refractivity contribution in [1.82, 2.24) is 9.97 Å². The zero-order valence-corrected chi connectivity index (χ0v) is 10.6. The Morgan fingerprint density at radius 1 is 1.17 bits per heavy atom. The molecule has 0 unspecified atom stereocenters. The Hall–Kier alpha value is -1.53. The summed E-state index contributed by atoms with van der Waals surface area (Å²) in [6.07, 6.45) is 1.44. The van der Waals surface area contributed by atoms with Gasteiger partial charge in [0, 0.05) is 16.7 Å².